The van der Waals surface area contributed by atoms with Crippen molar-refractivity contribution in [1.29, 1.82) is 0 Å². The molecule has 0 fully saturated rings. The summed E-state index contributed by atoms with van der Waals surface area (Å²) in [7, 11) is 0. The van der Waals surface area contributed by atoms with Crippen molar-refractivity contribution in [2.75, 3.05) is 19.6 Å². The van der Waals surface area contributed by atoms with Crippen molar-refractivity contribution in [3.63, 3.8) is 0 Å². The van der Waals surface area contributed by atoms with Crippen LogP contribution in [0.25, 0.3) is 10.9 Å². The highest BCUT2D eigenvalue weighted by Gasteiger charge is 2.06. The van der Waals surface area contributed by atoms with E-state index < -0.39 is 0 Å². The van der Waals surface area contributed by atoms with Crippen molar-refractivity contribution in [2.24, 2.45) is 4.99 Å². The van der Waals surface area contributed by atoms with Crippen LogP contribution in [0.3, 0.4) is 0 Å². The van der Waals surface area contributed by atoms with Gasteiger partial charge in [-0.15, -0.1) is 0 Å². The number of aromatic nitrogens is 1. The third-order valence-electron chi connectivity index (χ3n) is 4.85. The topological polar surface area (TPSA) is 81.3 Å². The smallest absolute Gasteiger partial charge is 0.251 e. The molecule has 6 nitrogen and oxygen atoms in total. The lowest BCUT2D eigenvalue weighted by Crippen LogP contribution is -2.38. The Balaban J connectivity index is 1.58. The first-order valence-electron chi connectivity index (χ1n) is 10.7. The number of H-pyrrole nitrogens is 1. The van der Waals surface area contributed by atoms with Gasteiger partial charge < -0.3 is 20.9 Å². The number of carbonyl (C=O) groups is 1. The summed E-state index contributed by atoms with van der Waals surface area (Å²) in [5.74, 6) is 0.740. The van der Waals surface area contributed by atoms with Gasteiger partial charge in [-0.25, -0.2) is 4.99 Å². The van der Waals surface area contributed by atoms with Crippen molar-refractivity contribution in [2.45, 2.75) is 33.2 Å². The number of hydrogen-bond donors (Lipinski definition) is 4. The maximum Gasteiger partial charge on any atom is 0.251 e. The lowest BCUT2D eigenvalue weighted by Gasteiger charge is -2.11. The molecule has 0 bridgehead atoms. The molecule has 0 atom stereocenters. The molecule has 4 N–H and O–H groups in total. The van der Waals surface area contributed by atoms with Gasteiger partial charge in [0.1, 0.15) is 0 Å². The van der Waals surface area contributed by atoms with E-state index in [2.05, 4.69) is 57.2 Å². The average molecular weight is 406 g/mol. The van der Waals surface area contributed by atoms with Crippen molar-refractivity contribution in [3.8, 4) is 0 Å². The summed E-state index contributed by atoms with van der Waals surface area (Å²) in [6.07, 6.45) is 3.90. The number of guanidine groups is 1. The molecule has 0 aliphatic rings. The number of fused-ring (bicyclic) bond motifs is 1. The molecule has 1 amide bonds. The number of rotatable bonds is 9. The Morgan fingerprint density at radius 1 is 1.00 bits per heavy atom. The number of nitrogens with zero attached hydrogens (tertiary/aromatic N) is 1. The molecule has 158 valence electrons. The van der Waals surface area contributed by atoms with E-state index >= 15 is 0 Å². The third-order valence-corrected chi connectivity index (χ3v) is 4.85. The van der Waals surface area contributed by atoms with Gasteiger partial charge in [0, 0.05) is 42.3 Å². The standard InChI is InChI=1S/C24H31N5O/c1-3-13-26-23(30)19-9-7-8-18(15-19)16-29-24(25-4-2)27-14-12-20-17-28-22-11-6-5-10-21(20)22/h5-11,15,17,28H,3-4,12-14,16H2,1-2H3,(H,26,30)(H2,25,27,29). The Bertz CT molecular complexity index is 992. The molecule has 3 aromatic rings. The predicted molar refractivity (Wildman–Crippen MR) is 124 cm³/mol. The van der Waals surface area contributed by atoms with E-state index in [1.54, 1.807) is 0 Å². The molecule has 0 unspecified atom stereocenters. The fourth-order valence-corrected chi connectivity index (χ4v) is 3.32. The van der Waals surface area contributed by atoms with E-state index in [1.165, 1.54) is 10.9 Å². The minimum atomic E-state index is -0.0357. The Morgan fingerprint density at radius 2 is 1.87 bits per heavy atom. The van der Waals surface area contributed by atoms with E-state index in [9.17, 15) is 4.79 Å². The Kier molecular flexibility index (Phi) is 7.89. The van der Waals surface area contributed by atoms with Crippen LogP contribution in [0.5, 0.6) is 0 Å². The number of para-hydroxylation sites is 1. The molecule has 0 aliphatic carbocycles. The highest BCUT2D eigenvalue weighted by atomic mass is 16.1. The number of amides is 1. The van der Waals surface area contributed by atoms with Gasteiger partial charge in [-0.2, -0.15) is 0 Å². The fraction of sp³-hybridized carbons (Fsp3) is 0.333. The second kappa shape index (κ2) is 11.0. The maximum atomic E-state index is 12.2. The first kappa shape index (κ1) is 21.4. The van der Waals surface area contributed by atoms with E-state index in [0.717, 1.165) is 43.0 Å². The van der Waals surface area contributed by atoms with Gasteiger partial charge in [0.05, 0.1) is 6.54 Å². The monoisotopic (exact) mass is 405 g/mol. The molecule has 1 heterocycles. The lowest BCUT2D eigenvalue weighted by molar-refractivity contribution is 0.0953. The normalized spacial score (nSPS) is 11.5. The first-order valence-corrected chi connectivity index (χ1v) is 10.7. The highest BCUT2D eigenvalue weighted by Crippen LogP contribution is 2.17. The number of hydrogen-bond acceptors (Lipinski definition) is 2. The minimum absolute atomic E-state index is 0.0357. The zero-order valence-corrected chi connectivity index (χ0v) is 17.8. The molecule has 0 aliphatic heterocycles. The van der Waals surface area contributed by atoms with Crippen LogP contribution in [0.2, 0.25) is 0 Å². The van der Waals surface area contributed by atoms with E-state index in [0.29, 0.717) is 18.7 Å². The van der Waals surface area contributed by atoms with Gasteiger partial charge in [0.15, 0.2) is 5.96 Å². The van der Waals surface area contributed by atoms with Crippen molar-refractivity contribution in [3.05, 3.63) is 71.4 Å². The van der Waals surface area contributed by atoms with Crippen LogP contribution in [0, 0.1) is 0 Å². The third kappa shape index (κ3) is 5.86. The number of aromatic amines is 1. The summed E-state index contributed by atoms with van der Waals surface area (Å²) < 4.78 is 0. The molecule has 0 radical (unpaired) electrons. The Labute approximate surface area is 178 Å². The van der Waals surface area contributed by atoms with Crippen molar-refractivity contribution >= 4 is 22.8 Å². The van der Waals surface area contributed by atoms with Crippen LogP contribution in [0.15, 0.2) is 59.7 Å². The van der Waals surface area contributed by atoms with E-state index in [1.807, 2.05) is 37.3 Å². The largest absolute Gasteiger partial charge is 0.361 e. The highest BCUT2D eigenvalue weighted by molar-refractivity contribution is 5.94. The molecule has 0 saturated heterocycles. The maximum absolute atomic E-state index is 12.2. The number of carbonyl (C=O) groups excluding carboxylic acids is 1. The van der Waals surface area contributed by atoms with Crippen molar-refractivity contribution in [1.82, 2.24) is 20.9 Å². The van der Waals surface area contributed by atoms with Crippen molar-refractivity contribution < 1.29 is 4.79 Å². The summed E-state index contributed by atoms with van der Waals surface area (Å²) in [5, 5.41) is 10.9. The number of nitrogens with one attached hydrogen (secondary N) is 4. The summed E-state index contributed by atoms with van der Waals surface area (Å²) >= 11 is 0. The van der Waals surface area contributed by atoms with Crippen LogP contribution >= 0.6 is 0 Å². The second-order valence-electron chi connectivity index (χ2n) is 7.19. The molecule has 0 spiro atoms. The van der Waals surface area contributed by atoms with Gasteiger partial charge in [0.25, 0.3) is 5.91 Å². The van der Waals surface area contributed by atoms with Crippen LogP contribution in [0.4, 0.5) is 0 Å². The van der Waals surface area contributed by atoms with Gasteiger partial charge in [-0.05, 0) is 49.1 Å². The fourth-order valence-electron chi connectivity index (χ4n) is 3.32. The van der Waals surface area contributed by atoms with Crippen LogP contribution in [-0.4, -0.2) is 36.5 Å². The summed E-state index contributed by atoms with van der Waals surface area (Å²) in [4.78, 5) is 20.2. The molecule has 2 aromatic carbocycles. The SMILES string of the molecule is CCCNC(=O)c1cccc(CN=C(NCC)NCCc2c[nH]c3ccccc23)c1. The van der Waals surface area contributed by atoms with E-state index in [-0.39, 0.29) is 5.91 Å². The predicted octanol–water partition coefficient (Wildman–Crippen LogP) is 3.61. The zero-order valence-electron chi connectivity index (χ0n) is 17.8. The molecular weight excluding hydrogens is 374 g/mol. The Hall–Kier alpha value is -3.28. The van der Waals surface area contributed by atoms with Gasteiger partial charge in [-0.1, -0.05) is 37.3 Å². The van der Waals surface area contributed by atoms with Gasteiger partial charge >= 0.3 is 0 Å². The lowest BCUT2D eigenvalue weighted by atomic mass is 10.1. The average Bonchev–Trinajstić information content (AvgIpc) is 3.19. The molecule has 3 rings (SSSR count). The van der Waals surface area contributed by atoms with Crippen LogP contribution in [0.1, 0.15) is 41.8 Å². The summed E-state index contributed by atoms with van der Waals surface area (Å²) in [5.41, 5.74) is 4.14. The number of aliphatic imine (C=N–C) groups is 1. The van der Waals surface area contributed by atoms with E-state index in [4.69, 9.17) is 0 Å². The second-order valence-corrected chi connectivity index (χ2v) is 7.19. The minimum Gasteiger partial charge on any atom is -0.361 e. The van der Waals surface area contributed by atoms with Crippen LogP contribution < -0.4 is 16.0 Å². The summed E-state index contributed by atoms with van der Waals surface area (Å²) in [6.45, 7) is 6.86. The Morgan fingerprint density at radius 3 is 2.70 bits per heavy atom. The first-order chi connectivity index (χ1) is 14.7. The zero-order chi connectivity index (χ0) is 21.2. The number of benzene rings is 2. The summed E-state index contributed by atoms with van der Waals surface area (Å²) in [6, 6.07) is 16.0. The molecule has 1 aromatic heterocycles. The molecule has 6 heteroatoms. The van der Waals surface area contributed by atoms with Gasteiger partial charge in [-0.3, -0.25) is 4.79 Å². The molecule has 0 saturated carbocycles. The van der Waals surface area contributed by atoms with Gasteiger partial charge in [0.2, 0.25) is 0 Å². The molecular formula is C24H31N5O. The molecule has 30 heavy (non-hydrogen) atoms. The van der Waals surface area contributed by atoms with Crippen LogP contribution in [-0.2, 0) is 13.0 Å². The quantitative estimate of drug-likeness (QED) is 0.324.